The number of esters is 1. The van der Waals surface area contributed by atoms with Crippen LogP contribution >= 0.6 is 11.6 Å². The summed E-state index contributed by atoms with van der Waals surface area (Å²) in [5.74, 6) is -0.143. The van der Waals surface area contributed by atoms with Gasteiger partial charge in [-0.05, 0) is 74.2 Å². The Bertz CT molecular complexity index is 2300. The molecule has 2 bridgehead atoms. The van der Waals surface area contributed by atoms with Crippen LogP contribution in [-0.2, 0) is 36.3 Å². The van der Waals surface area contributed by atoms with Crippen molar-refractivity contribution < 1.29 is 33.7 Å². The second kappa shape index (κ2) is 13.4. The number of halogens is 1. The molecule has 2 aromatic carbocycles. The van der Waals surface area contributed by atoms with E-state index in [-0.39, 0.29) is 30.3 Å². The van der Waals surface area contributed by atoms with Gasteiger partial charge in [0.1, 0.15) is 11.2 Å². The summed E-state index contributed by atoms with van der Waals surface area (Å²) in [5, 5.41) is 13.1. The van der Waals surface area contributed by atoms with Crippen molar-refractivity contribution in [1.29, 1.82) is 0 Å². The quantitative estimate of drug-likeness (QED) is 0.179. The lowest BCUT2D eigenvalue weighted by atomic mass is 9.49. The summed E-state index contributed by atoms with van der Waals surface area (Å²) in [6.45, 7) is 7.93. The first-order valence-electron chi connectivity index (χ1n) is 21.5. The predicted molar refractivity (Wildman–Crippen MR) is 224 cm³/mol. The average Bonchev–Trinajstić information content (AvgIpc) is 3.95. The standard InChI is InChI=1S/C46H56ClN5O7/c1-6-42-14-10-17-51-19-15-44(37(42)51)31-21-32(35(57-4)22-34(31)49(3)38(44)46(26-42)39(53)52(20-16-47)41(55)59-46)45(40(54)58-5)24-28-23-43(56,7-2)27-50(25-28)18-13-30-29-11-8-9-12-33(29)48-36(30)45/h8-12,14,21-22,28,37-38,48,56H,6-7,13,15-20,23-27H2,1-5H3/t28-,37-,38+,42-,43-,44+,45-,46+/m0/s1. The topological polar surface area (TPSA) is 128 Å². The number of anilines is 1. The van der Waals surface area contributed by atoms with E-state index in [0.717, 1.165) is 72.4 Å². The smallest absolute Gasteiger partial charge is 0.417 e. The molecule has 2 spiro atoms. The zero-order valence-corrected chi connectivity index (χ0v) is 35.6. The van der Waals surface area contributed by atoms with Gasteiger partial charge in [0.05, 0.1) is 25.9 Å². The zero-order valence-electron chi connectivity index (χ0n) is 34.8. The van der Waals surface area contributed by atoms with Crippen LogP contribution in [0.3, 0.4) is 0 Å². The van der Waals surface area contributed by atoms with Crippen LogP contribution in [0.1, 0.15) is 74.8 Å². The molecule has 6 aliphatic heterocycles. The van der Waals surface area contributed by atoms with Crippen molar-refractivity contribution in [2.45, 2.75) is 92.9 Å². The number of hydrogen-bond acceptors (Lipinski definition) is 10. The average molecular weight is 826 g/mol. The maximum atomic E-state index is 15.4. The van der Waals surface area contributed by atoms with E-state index >= 15 is 4.79 Å². The summed E-state index contributed by atoms with van der Waals surface area (Å²) in [6.07, 6.45) is 7.89. The van der Waals surface area contributed by atoms with Gasteiger partial charge in [-0.15, -0.1) is 11.6 Å². The van der Waals surface area contributed by atoms with E-state index in [1.165, 1.54) is 12.0 Å². The molecule has 1 aromatic heterocycles. The van der Waals surface area contributed by atoms with Crippen LogP contribution in [0.4, 0.5) is 10.5 Å². The number of rotatable bonds is 7. The number of carbonyl (C=O) groups is 3. The molecule has 7 heterocycles. The minimum absolute atomic E-state index is 0.0103. The molecule has 7 aliphatic rings. The van der Waals surface area contributed by atoms with Crippen LogP contribution in [0, 0.1) is 11.3 Å². The number of imide groups is 1. The van der Waals surface area contributed by atoms with Gasteiger partial charge in [0.15, 0.2) is 0 Å². The summed E-state index contributed by atoms with van der Waals surface area (Å²) in [6, 6.07) is 11.9. The highest BCUT2D eigenvalue weighted by Crippen LogP contribution is 2.69. The van der Waals surface area contributed by atoms with E-state index < -0.39 is 45.6 Å². The number of carbonyl (C=O) groups excluding carboxylic acids is 3. The van der Waals surface area contributed by atoms with Gasteiger partial charge < -0.3 is 29.2 Å². The third-order valence-corrected chi connectivity index (χ3v) is 16.2. The summed E-state index contributed by atoms with van der Waals surface area (Å²) < 4.78 is 18.9. The minimum atomic E-state index is -1.48. The summed E-state index contributed by atoms with van der Waals surface area (Å²) in [7, 11) is 5.13. The van der Waals surface area contributed by atoms with Crippen molar-refractivity contribution in [2.75, 3.05) is 71.3 Å². The lowest BCUT2D eigenvalue weighted by Gasteiger charge is -2.60. The molecule has 13 heteroatoms. The van der Waals surface area contributed by atoms with Crippen LogP contribution in [-0.4, -0.2) is 132 Å². The lowest BCUT2D eigenvalue weighted by molar-refractivity contribution is -0.152. The molecule has 2 amide bonds. The zero-order chi connectivity index (χ0) is 41.3. The number of fused-ring (bicyclic) bond motifs is 7. The molecular formula is C46H56ClN5O7. The molecule has 0 radical (unpaired) electrons. The number of aliphatic hydroxyl groups is 1. The molecule has 59 heavy (non-hydrogen) atoms. The SMILES string of the molecule is CC[C@]1(O)C[C@@H]2CN(CCc3c([nH]c4ccccc34)[C@@](C(=O)OC)(c3cc4c(cc3OC)N(C)[C@@H]3[C@]45CCN4CC=C[C@@](CC)(C[C@@]36OC(=O)N(CCCl)C6=O)[C@H]45)C2)C1. The lowest BCUT2D eigenvalue weighted by Crippen LogP contribution is -2.74. The Balaban J connectivity index is 1.26. The van der Waals surface area contributed by atoms with Crippen LogP contribution in [0.15, 0.2) is 48.6 Å². The van der Waals surface area contributed by atoms with Crippen LogP contribution in [0.2, 0.25) is 0 Å². The van der Waals surface area contributed by atoms with Crippen LogP contribution in [0.25, 0.3) is 10.9 Å². The van der Waals surface area contributed by atoms with Gasteiger partial charge in [0.2, 0.25) is 5.60 Å². The third-order valence-electron chi connectivity index (χ3n) is 16.0. The molecular weight excluding hydrogens is 770 g/mol. The fourth-order valence-corrected chi connectivity index (χ4v) is 14.1. The van der Waals surface area contributed by atoms with Gasteiger partial charge in [-0.2, -0.15) is 0 Å². The third kappa shape index (κ3) is 5.03. The number of methoxy groups -OCH3 is 2. The Morgan fingerprint density at radius 1 is 1.07 bits per heavy atom. The second-order valence-corrected chi connectivity index (χ2v) is 19.0. The molecule has 2 N–H and O–H groups in total. The van der Waals surface area contributed by atoms with E-state index in [0.29, 0.717) is 50.0 Å². The summed E-state index contributed by atoms with van der Waals surface area (Å²) >= 11 is 6.20. The Morgan fingerprint density at radius 2 is 1.88 bits per heavy atom. The Morgan fingerprint density at radius 3 is 2.63 bits per heavy atom. The number of amides is 2. The van der Waals surface area contributed by atoms with Crippen molar-refractivity contribution in [3.8, 4) is 5.75 Å². The van der Waals surface area contributed by atoms with Gasteiger partial charge in [0, 0.05) is 103 Å². The highest BCUT2D eigenvalue weighted by molar-refractivity contribution is 6.18. The Labute approximate surface area is 350 Å². The van der Waals surface area contributed by atoms with Gasteiger partial charge in [-0.3, -0.25) is 19.4 Å². The number of nitrogens with one attached hydrogen (secondary N) is 1. The molecule has 1 unspecified atom stereocenters. The maximum absolute atomic E-state index is 15.4. The number of nitrogens with zero attached hydrogens (tertiary/aromatic N) is 4. The van der Waals surface area contributed by atoms with Crippen LogP contribution < -0.4 is 9.64 Å². The van der Waals surface area contributed by atoms with Gasteiger partial charge >= 0.3 is 12.1 Å². The maximum Gasteiger partial charge on any atom is 0.417 e. The van der Waals surface area contributed by atoms with E-state index in [4.69, 9.17) is 25.8 Å². The predicted octanol–water partition coefficient (Wildman–Crippen LogP) is 5.50. The van der Waals surface area contributed by atoms with Gasteiger partial charge in [0.25, 0.3) is 5.91 Å². The molecule has 1 saturated carbocycles. The van der Waals surface area contributed by atoms with E-state index in [1.807, 2.05) is 32.2 Å². The van der Waals surface area contributed by atoms with Crippen molar-refractivity contribution >= 4 is 46.2 Å². The van der Waals surface area contributed by atoms with Crippen molar-refractivity contribution in [2.24, 2.45) is 11.3 Å². The van der Waals surface area contributed by atoms with Gasteiger partial charge in [-0.1, -0.05) is 44.2 Å². The Hall–Kier alpha value is -4.10. The Kier molecular flexibility index (Phi) is 8.90. The number of ether oxygens (including phenoxy) is 3. The molecule has 10 rings (SSSR count). The number of H-pyrrole nitrogens is 1. The van der Waals surface area contributed by atoms with E-state index in [2.05, 4.69) is 57.0 Å². The summed E-state index contributed by atoms with van der Waals surface area (Å²) in [4.78, 5) is 56.2. The fraction of sp³-hybridized carbons (Fsp3) is 0.587. The molecule has 3 saturated heterocycles. The molecule has 314 valence electrons. The van der Waals surface area contributed by atoms with E-state index in [9.17, 15) is 14.7 Å². The first kappa shape index (κ1) is 39.1. The minimum Gasteiger partial charge on any atom is -0.496 e. The highest BCUT2D eigenvalue weighted by Gasteiger charge is 2.79. The molecule has 4 fully saturated rings. The number of aromatic amines is 1. The molecule has 9 atom stereocenters. The number of alkyl halides is 1. The van der Waals surface area contributed by atoms with Crippen molar-refractivity contribution in [1.82, 2.24) is 19.7 Å². The van der Waals surface area contributed by atoms with Crippen molar-refractivity contribution in [3.05, 3.63) is 70.9 Å². The second-order valence-electron chi connectivity index (χ2n) is 18.6. The monoisotopic (exact) mass is 825 g/mol. The van der Waals surface area contributed by atoms with E-state index in [1.54, 1.807) is 7.11 Å². The molecule has 3 aromatic rings. The largest absolute Gasteiger partial charge is 0.496 e. The normalized spacial score (nSPS) is 37.1. The van der Waals surface area contributed by atoms with Crippen LogP contribution in [0.5, 0.6) is 5.75 Å². The van der Waals surface area contributed by atoms with Crippen molar-refractivity contribution in [3.63, 3.8) is 0 Å². The number of hydrogen-bond donors (Lipinski definition) is 2. The molecule has 1 aliphatic carbocycles. The highest BCUT2D eigenvalue weighted by atomic mass is 35.5. The first-order valence-corrected chi connectivity index (χ1v) is 22.0. The first-order chi connectivity index (χ1) is 28.4. The number of aromatic nitrogens is 1. The number of piperidine rings is 1. The molecule has 12 nitrogen and oxygen atoms in total. The number of likely N-dealkylation sites (N-methyl/N-ethyl adjacent to an activating group) is 1. The fourth-order valence-electron chi connectivity index (χ4n) is 13.9. The van der Waals surface area contributed by atoms with Gasteiger partial charge in [-0.25, -0.2) is 9.69 Å². The number of benzene rings is 2. The number of para-hydroxylation sites is 1. The summed E-state index contributed by atoms with van der Waals surface area (Å²) in [5.41, 5.74) is 0.507.